The van der Waals surface area contributed by atoms with E-state index in [2.05, 4.69) is 10.1 Å². The predicted octanol–water partition coefficient (Wildman–Crippen LogP) is 4.04. The Balaban J connectivity index is 2.11. The fourth-order valence-corrected chi connectivity index (χ4v) is 2.24. The van der Waals surface area contributed by atoms with Gasteiger partial charge in [-0.1, -0.05) is 34.4 Å². The number of rotatable bonds is 7. The molecule has 0 radical (unpaired) electrons. The summed E-state index contributed by atoms with van der Waals surface area (Å²) in [5, 5.41) is 5.08. The minimum absolute atomic E-state index is 0.304. The van der Waals surface area contributed by atoms with Crippen molar-refractivity contribution in [3.05, 3.63) is 45.5 Å². The highest BCUT2D eigenvalue weighted by molar-refractivity contribution is 6.35. The van der Waals surface area contributed by atoms with Crippen LogP contribution in [-0.4, -0.2) is 23.4 Å². The van der Waals surface area contributed by atoms with Gasteiger partial charge in [-0.15, -0.1) is 0 Å². The van der Waals surface area contributed by atoms with E-state index in [1.165, 1.54) is 0 Å². The quantitative estimate of drug-likeness (QED) is 0.717. The first-order chi connectivity index (χ1) is 10.1. The zero-order valence-corrected chi connectivity index (χ0v) is 13.3. The van der Waals surface area contributed by atoms with Crippen LogP contribution in [0.5, 0.6) is 0 Å². The predicted molar refractivity (Wildman–Crippen MR) is 79.6 cm³/mol. The fraction of sp³-hybridized carbons (Fsp3) is 0.429. The fourth-order valence-electron chi connectivity index (χ4n) is 1.76. The lowest BCUT2D eigenvalue weighted by Crippen LogP contribution is -2.09. The summed E-state index contributed by atoms with van der Waals surface area (Å²) >= 11 is 12.0. The van der Waals surface area contributed by atoms with Gasteiger partial charge in [-0.3, -0.25) is 0 Å². The van der Waals surface area contributed by atoms with E-state index in [1.807, 2.05) is 19.9 Å². The van der Waals surface area contributed by atoms with Gasteiger partial charge in [-0.05, 0) is 31.5 Å². The number of nitrogens with zero attached hydrogens (tertiary/aromatic N) is 2. The lowest BCUT2D eigenvalue weighted by Gasteiger charge is -2.11. The smallest absolute Gasteiger partial charge is 0.283 e. The molecular formula is C14H16Cl2N2O3. The van der Waals surface area contributed by atoms with Gasteiger partial charge >= 0.3 is 0 Å². The molecule has 0 aliphatic heterocycles. The second-order valence-electron chi connectivity index (χ2n) is 4.20. The number of halogens is 2. The van der Waals surface area contributed by atoms with Gasteiger partial charge < -0.3 is 14.0 Å². The molecular weight excluding hydrogens is 315 g/mol. The highest BCUT2D eigenvalue weighted by Crippen LogP contribution is 2.23. The SMILES string of the molecule is CCOC(OCC)c1nc(Cc2ccc(Cl)cc2Cl)no1. The third-order valence-corrected chi connectivity index (χ3v) is 3.27. The number of hydrogen-bond donors (Lipinski definition) is 0. The van der Waals surface area contributed by atoms with Crippen LogP contribution in [0, 0.1) is 0 Å². The van der Waals surface area contributed by atoms with Crippen molar-refractivity contribution in [1.82, 2.24) is 10.1 Å². The molecule has 1 aromatic carbocycles. The molecule has 7 heteroatoms. The second-order valence-corrected chi connectivity index (χ2v) is 5.05. The molecule has 1 heterocycles. The molecule has 1 aromatic heterocycles. The average molecular weight is 331 g/mol. The van der Waals surface area contributed by atoms with Crippen LogP contribution in [-0.2, 0) is 15.9 Å². The minimum Gasteiger partial charge on any atom is -0.345 e. The van der Waals surface area contributed by atoms with Crippen molar-refractivity contribution in [3.63, 3.8) is 0 Å². The summed E-state index contributed by atoms with van der Waals surface area (Å²) in [5.74, 6) is 0.817. The molecule has 0 saturated carbocycles. The molecule has 0 saturated heterocycles. The maximum atomic E-state index is 6.13. The van der Waals surface area contributed by atoms with Gasteiger partial charge in [0.1, 0.15) is 0 Å². The van der Waals surface area contributed by atoms with Gasteiger partial charge in [0.15, 0.2) is 5.82 Å². The summed E-state index contributed by atoms with van der Waals surface area (Å²) in [4.78, 5) is 4.29. The molecule has 0 atom stereocenters. The number of benzene rings is 1. The van der Waals surface area contributed by atoms with Crippen molar-refractivity contribution in [3.8, 4) is 0 Å². The monoisotopic (exact) mass is 330 g/mol. The zero-order chi connectivity index (χ0) is 15.2. The molecule has 114 valence electrons. The molecule has 0 fully saturated rings. The number of ether oxygens (including phenoxy) is 2. The Morgan fingerprint density at radius 1 is 1.19 bits per heavy atom. The second kappa shape index (κ2) is 7.75. The van der Waals surface area contributed by atoms with Gasteiger partial charge in [0.2, 0.25) is 6.29 Å². The molecule has 0 N–H and O–H groups in total. The highest BCUT2D eigenvalue weighted by atomic mass is 35.5. The minimum atomic E-state index is -0.637. The average Bonchev–Trinajstić information content (AvgIpc) is 2.90. The first-order valence-corrected chi connectivity index (χ1v) is 7.39. The van der Waals surface area contributed by atoms with Crippen molar-refractivity contribution in [2.24, 2.45) is 0 Å². The topological polar surface area (TPSA) is 57.4 Å². The standard InChI is InChI=1S/C14H16Cl2N2O3/c1-3-19-14(20-4-2)13-17-12(18-21-13)7-9-5-6-10(15)8-11(9)16/h5-6,8,14H,3-4,7H2,1-2H3. The van der Waals surface area contributed by atoms with Gasteiger partial charge in [0.05, 0.1) is 0 Å². The van der Waals surface area contributed by atoms with Crippen molar-refractivity contribution in [2.45, 2.75) is 26.6 Å². The first-order valence-electron chi connectivity index (χ1n) is 6.63. The largest absolute Gasteiger partial charge is 0.345 e. The summed E-state index contributed by atoms with van der Waals surface area (Å²) in [6.45, 7) is 4.73. The van der Waals surface area contributed by atoms with E-state index < -0.39 is 6.29 Å². The molecule has 0 aliphatic rings. The van der Waals surface area contributed by atoms with Gasteiger partial charge in [0, 0.05) is 29.7 Å². The van der Waals surface area contributed by atoms with Crippen LogP contribution in [0.1, 0.15) is 37.4 Å². The Morgan fingerprint density at radius 3 is 2.52 bits per heavy atom. The molecule has 0 amide bonds. The molecule has 21 heavy (non-hydrogen) atoms. The molecule has 0 unspecified atom stereocenters. The number of aromatic nitrogens is 2. The zero-order valence-electron chi connectivity index (χ0n) is 11.8. The van der Waals surface area contributed by atoms with Crippen LogP contribution in [0.15, 0.2) is 22.7 Å². The van der Waals surface area contributed by atoms with Crippen LogP contribution in [0.2, 0.25) is 10.0 Å². The van der Waals surface area contributed by atoms with Crippen LogP contribution < -0.4 is 0 Å². The third-order valence-electron chi connectivity index (χ3n) is 2.69. The van der Waals surface area contributed by atoms with E-state index in [-0.39, 0.29) is 0 Å². The van der Waals surface area contributed by atoms with E-state index in [0.29, 0.717) is 41.4 Å². The lowest BCUT2D eigenvalue weighted by atomic mass is 10.1. The summed E-state index contributed by atoms with van der Waals surface area (Å²) in [6.07, 6.45) is -0.188. The van der Waals surface area contributed by atoms with Crippen molar-refractivity contribution < 1.29 is 14.0 Å². The first kappa shape index (κ1) is 16.2. The maximum Gasteiger partial charge on any atom is 0.283 e. The van der Waals surface area contributed by atoms with Gasteiger partial charge in [-0.2, -0.15) is 4.98 Å². The lowest BCUT2D eigenvalue weighted by molar-refractivity contribution is -0.155. The molecule has 2 rings (SSSR count). The summed E-state index contributed by atoms with van der Waals surface area (Å²) in [6, 6.07) is 5.29. The van der Waals surface area contributed by atoms with Crippen molar-refractivity contribution in [1.29, 1.82) is 0 Å². The van der Waals surface area contributed by atoms with Crippen molar-refractivity contribution >= 4 is 23.2 Å². The third kappa shape index (κ3) is 4.41. The Hall–Kier alpha value is -1.14. The summed E-state index contributed by atoms with van der Waals surface area (Å²) in [5.41, 5.74) is 0.873. The Kier molecular flexibility index (Phi) is 5.99. The highest BCUT2D eigenvalue weighted by Gasteiger charge is 2.20. The molecule has 2 aromatic rings. The molecule has 5 nitrogen and oxygen atoms in total. The van der Waals surface area contributed by atoms with Crippen LogP contribution in [0.4, 0.5) is 0 Å². The van der Waals surface area contributed by atoms with E-state index >= 15 is 0 Å². The maximum absolute atomic E-state index is 6.13. The molecule has 0 bridgehead atoms. The van der Waals surface area contributed by atoms with E-state index in [4.69, 9.17) is 37.2 Å². The van der Waals surface area contributed by atoms with Crippen LogP contribution >= 0.6 is 23.2 Å². The van der Waals surface area contributed by atoms with Gasteiger partial charge in [-0.25, -0.2) is 0 Å². The summed E-state index contributed by atoms with van der Waals surface area (Å²) < 4.78 is 16.0. The Bertz CT molecular complexity index is 583. The molecule has 0 aliphatic carbocycles. The van der Waals surface area contributed by atoms with Crippen LogP contribution in [0.25, 0.3) is 0 Å². The van der Waals surface area contributed by atoms with E-state index in [1.54, 1.807) is 12.1 Å². The number of hydrogen-bond acceptors (Lipinski definition) is 5. The molecule has 0 spiro atoms. The Morgan fingerprint density at radius 2 is 1.90 bits per heavy atom. The normalized spacial score (nSPS) is 11.3. The Labute approximate surface area is 133 Å². The summed E-state index contributed by atoms with van der Waals surface area (Å²) in [7, 11) is 0. The van der Waals surface area contributed by atoms with Crippen molar-refractivity contribution in [2.75, 3.05) is 13.2 Å². The van der Waals surface area contributed by atoms with Gasteiger partial charge in [0.25, 0.3) is 5.89 Å². The van der Waals surface area contributed by atoms with E-state index in [9.17, 15) is 0 Å². The van der Waals surface area contributed by atoms with E-state index in [0.717, 1.165) is 5.56 Å². The van der Waals surface area contributed by atoms with Crippen LogP contribution in [0.3, 0.4) is 0 Å².